The van der Waals surface area contributed by atoms with Gasteiger partial charge < -0.3 is 19.6 Å². The van der Waals surface area contributed by atoms with E-state index in [9.17, 15) is 19.5 Å². The number of thioether (sulfide) groups is 1. The van der Waals surface area contributed by atoms with Crippen LogP contribution in [0.2, 0.25) is 0 Å². The van der Waals surface area contributed by atoms with Crippen LogP contribution in [0.4, 0.5) is 5.69 Å². The number of benzene rings is 1. The molecule has 8 heteroatoms. The number of amides is 2. The van der Waals surface area contributed by atoms with Crippen molar-refractivity contribution in [2.45, 2.75) is 62.0 Å². The van der Waals surface area contributed by atoms with Crippen LogP contribution in [0.3, 0.4) is 0 Å². The number of unbranched alkanes of at least 4 members (excludes halogenated alkanes) is 2. The van der Waals surface area contributed by atoms with Gasteiger partial charge in [-0.15, -0.1) is 11.8 Å². The molecule has 1 aromatic rings. The van der Waals surface area contributed by atoms with Gasteiger partial charge in [-0.25, -0.2) is 0 Å². The second-order valence-electron chi connectivity index (χ2n) is 10.5. The number of anilines is 1. The molecule has 5 rings (SSSR count). The quantitative estimate of drug-likeness (QED) is 0.348. The van der Waals surface area contributed by atoms with Crippen molar-refractivity contribution >= 4 is 35.2 Å². The molecule has 198 valence electrons. The lowest BCUT2D eigenvalue weighted by atomic mass is 9.78. The first kappa shape index (κ1) is 26.0. The highest BCUT2D eigenvalue weighted by Gasteiger charge is 2.70. The molecule has 0 aliphatic carbocycles. The number of rotatable bonds is 6. The molecule has 4 aliphatic heterocycles. The maximum absolute atomic E-state index is 14.5. The molecule has 2 saturated heterocycles. The van der Waals surface area contributed by atoms with Crippen LogP contribution in [-0.2, 0) is 19.1 Å². The third-order valence-electron chi connectivity index (χ3n) is 8.06. The first-order chi connectivity index (χ1) is 17.9. The fourth-order valence-corrected chi connectivity index (χ4v) is 8.29. The van der Waals surface area contributed by atoms with Crippen LogP contribution in [0.5, 0.6) is 0 Å². The fraction of sp³-hybridized carbons (Fsp3) is 0.552. The Morgan fingerprint density at radius 3 is 2.76 bits per heavy atom. The molecule has 0 aromatic heterocycles. The van der Waals surface area contributed by atoms with Gasteiger partial charge in [0, 0.05) is 30.6 Å². The second kappa shape index (κ2) is 10.7. The van der Waals surface area contributed by atoms with Gasteiger partial charge in [-0.3, -0.25) is 14.4 Å². The SMILES string of the molecule is Cc1ccc(C)c(N2CC=C[C@]34S[C@@H]5/C=C\CCCOC(=O)[C@@H]5[C@H]3C(=O)N(CCCCCO)C4C2=O)c1. The highest BCUT2D eigenvalue weighted by Crippen LogP contribution is 2.61. The largest absolute Gasteiger partial charge is 0.465 e. The normalized spacial score (nSPS) is 32.1. The van der Waals surface area contributed by atoms with Crippen molar-refractivity contribution in [3.05, 3.63) is 53.6 Å². The summed E-state index contributed by atoms with van der Waals surface area (Å²) < 4.78 is 4.79. The third kappa shape index (κ3) is 4.52. The van der Waals surface area contributed by atoms with Crippen molar-refractivity contribution in [3.8, 4) is 0 Å². The summed E-state index contributed by atoms with van der Waals surface area (Å²) in [7, 11) is 0. The Labute approximate surface area is 222 Å². The van der Waals surface area contributed by atoms with Gasteiger partial charge in [-0.2, -0.15) is 0 Å². The highest BCUT2D eigenvalue weighted by atomic mass is 32.2. The lowest BCUT2D eigenvalue weighted by Crippen LogP contribution is -2.53. The Bertz CT molecular complexity index is 1130. The average Bonchev–Trinajstić information content (AvgIpc) is 3.28. The molecule has 1 unspecified atom stereocenters. The topological polar surface area (TPSA) is 87.2 Å². The van der Waals surface area contributed by atoms with Gasteiger partial charge in [0.15, 0.2) is 0 Å². The van der Waals surface area contributed by atoms with Crippen LogP contribution in [0.15, 0.2) is 42.5 Å². The number of cyclic esters (lactones) is 1. The Morgan fingerprint density at radius 1 is 1.11 bits per heavy atom. The molecule has 5 atom stereocenters. The number of hydrogen-bond acceptors (Lipinski definition) is 6. The lowest BCUT2D eigenvalue weighted by molar-refractivity contribution is -0.153. The van der Waals surface area contributed by atoms with Gasteiger partial charge in [0.25, 0.3) is 5.91 Å². The van der Waals surface area contributed by atoms with Crippen molar-refractivity contribution in [3.63, 3.8) is 0 Å². The number of aryl methyl sites for hydroxylation is 2. The molecule has 37 heavy (non-hydrogen) atoms. The highest BCUT2D eigenvalue weighted by molar-refractivity contribution is 8.02. The van der Waals surface area contributed by atoms with E-state index in [0.29, 0.717) is 32.5 Å². The molecule has 4 aliphatic rings. The minimum absolute atomic E-state index is 0.101. The maximum atomic E-state index is 14.5. The number of allylic oxidation sites excluding steroid dienone is 1. The number of nitrogens with zero attached hydrogens (tertiary/aromatic N) is 2. The van der Waals surface area contributed by atoms with Crippen LogP contribution in [-0.4, -0.2) is 70.1 Å². The van der Waals surface area contributed by atoms with Crippen molar-refractivity contribution in [2.75, 3.05) is 31.2 Å². The van der Waals surface area contributed by atoms with Gasteiger partial charge >= 0.3 is 5.97 Å². The van der Waals surface area contributed by atoms with Crippen molar-refractivity contribution in [1.29, 1.82) is 0 Å². The van der Waals surface area contributed by atoms with Crippen LogP contribution in [0.1, 0.15) is 43.2 Å². The molecule has 1 spiro atoms. The Kier molecular flexibility index (Phi) is 7.50. The van der Waals surface area contributed by atoms with Crippen LogP contribution < -0.4 is 4.90 Å². The first-order valence-corrected chi connectivity index (χ1v) is 14.3. The van der Waals surface area contributed by atoms with E-state index in [0.717, 1.165) is 36.1 Å². The predicted molar refractivity (Wildman–Crippen MR) is 144 cm³/mol. The van der Waals surface area contributed by atoms with Crippen molar-refractivity contribution < 1.29 is 24.2 Å². The summed E-state index contributed by atoms with van der Waals surface area (Å²) in [6.45, 7) is 5.28. The summed E-state index contributed by atoms with van der Waals surface area (Å²) in [5.41, 5.74) is 2.92. The van der Waals surface area contributed by atoms with E-state index < -0.39 is 22.6 Å². The van der Waals surface area contributed by atoms with Gasteiger partial charge in [0.1, 0.15) is 6.04 Å². The number of fused-ring (bicyclic) bond motifs is 2. The van der Waals surface area contributed by atoms with Crippen molar-refractivity contribution in [2.24, 2.45) is 11.8 Å². The van der Waals surface area contributed by atoms with Gasteiger partial charge in [-0.05, 0) is 63.1 Å². The Hall–Kier alpha value is -2.58. The molecule has 4 heterocycles. The molecule has 1 N–H and O–H groups in total. The van der Waals surface area contributed by atoms with E-state index in [1.165, 1.54) is 0 Å². The number of aliphatic hydroxyl groups excluding tert-OH is 1. The predicted octanol–water partition coefficient (Wildman–Crippen LogP) is 3.56. The molecule has 7 nitrogen and oxygen atoms in total. The number of carbonyl (C=O) groups excluding carboxylic acids is 3. The minimum Gasteiger partial charge on any atom is -0.465 e. The molecular formula is C29H36N2O5S. The molecule has 2 amide bonds. The average molecular weight is 525 g/mol. The smallest absolute Gasteiger partial charge is 0.311 e. The molecule has 1 aromatic carbocycles. The number of aliphatic hydroxyl groups is 1. The van der Waals surface area contributed by atoms with E-state index in [4.69, 9.17) is 4.74 Å². The zero-order chi connectivity index (χ0) is 26.2. The number of carbonyl (C=O) groups is 3. The number of ether oxygens (including phenoxy) is 1. The number of hydrogen-bond donors (Lipinski definition) is 1. The summed E-state index contributed by atoms with van der Waals surface area (Å²) in [5, 5.41) is 9.02. The third-order valence-corrected chi connectivity index (χ3v) is 9.81. The molecule has 0 saturated carbocycles. The molecular weight excluding hydrogens is 488 g/mol. The summed E-state index contributed by atoms with van der Waals surface area (Å²) in [5.74, 6) is -1.86. The standard InChI is InChI=1S/C29H36N2O5S/c1-19-11-12-20(2)21(18-19)30-15-9-13-29-24(23-22(37-29)10-5-3-8-17-36-28(23)35)26(33)31(25(29)27(30)34)14-6-4-7-16-32/h5,9-13,18,22-25,32H,3-4,6-8,14-17H2,1-2H3/b10-5-/t22-,23+,24+,25?,29+/m1/s1. The van der Waals surface area contributed by atoms with Gasteiger partial charge in [0.05, 0.1) is 23.2 Å². The maximum Gasteiger partial charge on any atom is 0.311 e. The van der Waals surface area contributed by atoms with E-state index in [2.05, 4.69) is 12.2 Å². The summed E-state index contributed by atoms with van der Waals surface area (Å²) in [6, 6.07) is 5.37. The van der Waals surface area contributed by atoms with E-state index in [1.54, 1.807) is 21.6 Å². The van der Waals surface area contributed by atoms with E-state index >= 15 is 0 Å². The lowest BCUT2D eigenvalue weighted by Gasteiger charge is -2.35. The minimum atomic E-state index is -0.838. The van der Waals surface area contributed by atoms with Crippen LogP contribution >= 0.6 is 11.8 Å². The zero-order valence-electron chi connectivity index (χ0n) is 21.6. The van der Waals surface area contributed by atoms with Crippen LogP contribution in [0, 0.1) is 25.7 Å². The van der Waals surface area contributed by atoms with Gasteiger partial charge in [-0.1, -0.05) is 36.4 Å². The fourth-order valence-electron chi connectivity index (χ4n) is 6.29. The Morgan fingerprint density at radius 2 is 1.95 bits per heavy atom. The monoisotopic (exact) mass is 524 g/mol. The molecule has 0 radical (unpaired) electrons. The summed E-state index contributed by atoms with van der Waals surface area (Å²) in [6.07, 6.45) is 11.9. The summed E-state index contributed by atoms with van der Waals surface area (Å²) >= 11 is 1.58. The molecule has 2 fully saturated rings. The van der Waals surface area contributed by atoms with Gasteiger partial charge in [0.2, 0.25) is 5.91 Å². The van der Waals surface area contributed by atoms with Crippen LogP contribution in [0.25, 0.3) is 0 Å². The number of esters is 1. The Balaban J connectivity index is 1.58. The second-order valence-corrected chi connectivity index (χ2v) is 12.0. The van der Waals surface area contributed by atoms with E-state index in [-0.39, 0.29) is 29.6 Å². The van der Waals surface area contributed by atoms with Crippen molar-refractivity contribution in [1.82, 2.24) is 4.90 Å². The summed E-state index contributed by atoms with van der Waals surface area (Å²) in [4.78, 5) is 45.4. The number of likely N-dealkylation sites (tertiary alicyclic amines) is 1. The van der Waals surface area contributed by atoms with E-state index in [1.807, 2.05) is 44.2 Å². The first-order valence-electron chi connectivity index (χ1n) is 13.4. The zero-order valence-corrected chi connectivity index (χ0v) is 22.4. The molecule has 0 bridgehead atoms.